The van der Waals surface area contributed by atoms with Gasteiger partial charge in [-0.05, 0) is 44.0 Å². The van der Waals surface area contributed by atoms with Crippen LogP contribution in [0.25, 0.3) is 0 Å². The molecule has 1 atom stereocenters. The summed E-state index contributed by atoms with van der Waals surface area (Å²) >= 11 is 0. The average Bonchev–Trinajstić information content (AvgIpc) is 2.60. The molecule has 0 spiro atoms. The van der Waals surface area contributed by atoms with Gasteiger partial charge in [0.25, 0.3) is 5.91 Å². The molecule has 2 aromatic rings. The molecule has 2 heterocycles. The maximum atomic E-state index is 12.9. The zero-order valence-electron chi connectivity index (χ0n) is 14.0. The Morgan fingerprint density at radius 3 is 2.80 bits per heavy atom. The Bertz CT molecular complexity index is 800. The molecule has 25 heavy (non-hydrogen) atoms. The van der Waals surface area contributed by atoms with E-state index in [0.29, 0.717) is 31.2 Å². The molecule has 0 saturated carbocycles. The summed E-state index contributed by atoms with van der Waals surface area (Å²) in [5, 5.41) is 0. The predicted molar refractivity (Wildman–Crippen MR) is 90.2 cm³/mol. The lowest BCUT2D eigenvalue weighted by atomic mass is 9.98. The summed E-state index contributed by atoms with van der Waals surface area (Å²) in [4.78, 5) is 25.8. The SMILES string of the molecule is Cc1cc(=O)cc(C(=O)N2CCC[C@H](COc3ccc(F)cc3)C2)o1. The molecule has 1 amide bonds. The second-order valence-electron chi connectivity index (χ2n) is 6.29. The molecule has 1 aliphatic heterocycles. The number of halogens is 1. The summed E-state index contributed by atoms with van der Waals surface area (Å²) in [5.41, 5.74) is -0.236. The van der Waals surface area contributed by atoms with E-state index in [-0.39, 0.29) is 28.8 Å². The summed E-state index contributed by atoms with van der Waals surface area (Å²) in [6.45, 7) is 3.27. The quantitative estimate of drug-likeness (QED) is 0.855. The highest BCUT2D eigenvalue weighted by atomic mass is 19.1. The van der Waals surface area contributed by atoms with Crippen LogP contribution < -0.4 is 10.2 Å². The molecule has 1 fully saturated rings. The lowest BCUT2D eigenvalue weighted by molar-refractivity contribution is 0.0598. The number of amides is 1. The Labute approximate surface area is 145 Å². The highest BCUT2D eigenvalue weighted by Crippen LogP contribution is 2.20. The normalized spacial score (nSPS) is 17.4. The molecular weight excluding hydrogens is 325 g/mol. The number of ether oxygens (including phenoxy) is 1. The zero-order valence-corrected chi connectivity index (χ0v) is 14.0. The summed E-state index contributed by atoms with van der Waals surface area (Å²) in [6, 6.07) is 8.46. The molecule has 0 aliphatic carbocycles. The van der Waals surface area contributed by atoms with E-state index in [0.717, 1.165) is 12.8 Å². The smallest absolute Gasteiger partial charge is 0.289 e. The van der Waals surface area contributed by atoms with Crippen molar-refractivity contribution >= 4 is 5.91 Å². The second-order valence-corrected chi connectivity index (χ2v) is 6.29. The van der Waals surface area contributed by atoms with E-state index in [1.165, 1.54) is 24.3 Å². The van der Waals surface area contributed by atoms with Gasteiger partial charge in [-0.1, -0.05) is 0 Å². The van der Waals surface area contributed by atoms with Gasteiger partial charge in [-0.2, -0.15) is 0 Å². The fourth-order valence-corrected chi connectivity index (χ4v) is 3.00. The van der Waals surface area contributed by atoms with E-state index in [1.54, 1.807) is 24.0 Å². The number of aryl methyl sites for hydroxylation is 1. The number of benzene rings is 1. The highest BCUT2D eigenvalue weighted by molar-refractivity contribution is 5.91. The molecule has 1 aromatic heterocycles. The maximum absolute atomic E-state index is 12.9. The Kier molecular flexibility index (Phi) is 5.16. The molecule has 132 valence electrons. The minimum Gasteiger partial charge on any atom is -0.493 e. The van der Waals surface area contributed by atoms with Crippen LogP contribution in [0.15, 0.2) is 45.6 Å². The van der Waals surface area contributed by atoms with Crippen LogP contribution >= 0.6 is 0 Å². The fraction of sp³-hybridized carbons (Fsp3) is 0.368. The van der Waals surface area contributed by atoms with Crippen molar-refractivity contribution in [3.63, 3.8) is 0 Å². The average molecular weight is 345 g/mol. The number of piperidine rings is 1. The van der Waals surface area contributed by atoms with Crippen LogP contribution in [0, 0.1) is 18.7 Å². The molecule has 6 heteroatoms. The summed E-state index contributed by atoms with van der Waals surface area (Å²) in [7, 11) is 0. The van der Waals surface area contributed by atoms with Gasteiger partial charge in [0, 0.05) is 31.1 Å². The van der Waals surface area contributed by atoms with Gasteiger partial charge >= 0.3 is 0 Å². The van der Waals surface area contributed by atoms with E-state index >= 15 is 0 Å². The monoisotopic (exact) mass is 345 g/mol. The van der Waals surface area contributed by atoms with Gasteiger partial charge in [0.1, 0.15) is 17.3 Å². The van der Waals surface area contributed by atoms with Gasteiger partial charge in [0.2, 0.25) is 0 Å². The maximum Gasteiger partial charge on any atom is 0.289 e. The molecule has 1 saturated heterocycles. The Morgan fingerprint density at radius 1 is 1.32 bits per heavy atom. The minimum absolute atomic E-state index is 0.0742. The molecule has 0 unspecified atom stereocenters. The first-order valence-corrected chi connectivity index (χ1v) is 8.31. The summed E-state index contributed by atoms with van der Waals surface area (Å²) in [6.07, 6.45) is 1.81. The number of carbonyl (C=O) groups excluding carboxylic acids is 1. The van der Waals surface area contributed by atoms with E-state index in [2.05, 4.69) is 0 Å². The van der Waals surface area contributed by atoms with Gasteiger partial charge in [0.15, 0.2) is 11.2 Å². The van der Waals surface area contributed by atoms with Gasteiger partial charge < -0.3 is 14.1 Å². The number of rotatable bonds is 4. The molecular formula is C19H20FNO4. The number of hydrogen-bond donors (Lipinski definition) is 0. The van der Waals surface area contributed by atoms with Crippen LogP contribution in [0.2, 0.25) is 0 Å². The van der Waals surface area contributed by atoms with Gasteiger partial charge in [-0.25, -0.2) is 4.39 Å². The molecule has 3 rings (SSSR count). The van der Waals surface area contributed by atoms with Crippen LogP contribution in [0.3, 0.4) is 0 Å². The Balaban J connectivity index is 1.61. The predicted octanol–water partition coefficient (Wildman–Crippen LogP) is 3.02. The van der Waals surface area contributed by atoms with Gasteiger partial charge in [-0.15, -0.1) is 0 Å². The molecule has 5 nitrogen and oxygen atoms in total. The van der Waals surface area contributed by atoms with E-state index in [9.17, 15) is 14.0 Å². The summed E-state index contributed by atoms with van der Waals surface area (Å²) < 4.78 is 24.0. The number of carbonyl (C=O) groups is 1. The van der Waals surface area contributed by atoms with Crippen molar-refractivity contribution < 1.29 is 18.3 Å². The second kappa shape index (κ2) is 7.51. The van der Waals surface area contributed by atoms with Crippen LogP contribution in [-0.4, -0.2) is 30.5 Å². The van der Waals surface area contributed by atoms with Crippen LogP contribution in [0.4, 0.5) is 4.39 Å². The topological polar surface area (TPSA) is 59.8 Å². The standard InChI is InChI=1S/C19H20FNO4/c1-13-9-16(22)10-18(25-13)19(23)21-8-2-3-14(11-21)12-24-17-6-4-15(20)5-7-17/h4-7,9-10,14H,2-3,8,11-12H2,1H3/t14-/m0/s1. The van der Waals surface area contributed by atoms with Gasteiger partial charge in [0.05, 0.1) is 6.61 Å². The van der Waals surface area contributed by atoms with Crippen LogP contribution in [0.5, 0.6) is 5.75 Å². The molecule has 1 aromatic carbocycles. The van der Waals surface area contributed by atoms with Crippen molar-refractivity contribution in [3.05, 3.63) is 64.0 Å². The fourth-order valence-electron chi connectivity index (χ4n) is 3.00. The summed E-state index contributed by atoms with van der Waals surface area (Å²) in [5.74, 6) is 0.705. The van der Waals surface area contributed by atoms with Gasteiger partial charge in [-0.3, -0.25) is 9.59 Å². The first-order valence-electron chi connectivity index (χ1n) is 8.31. The van der Waals surface area contributed by atoms with Crippen molar-refractivity contribution in [3.8, 4) is 5.75 Å². The van der Waals surface area contributed by atoms with Crippen LogP contribution in [0.1, 0.15) is 29.2 Å². The first kappa shape index (κ1) is 17.2. The lowest BCUT2D eigenvalue weighted by Crippen LogP contribution is -2.41. The number of hydrogen-bond acceptors (Lipinski definition) is 4. The largest absolute Gasteiger partial charge is 0.493 e. The number of nitrogens with zero attached hydrogens (tertiary/aromatic N) is 1. The number of likely N-dealkylation sites (tertiary alicyclic amines) is 1. The van der Waals surface area contributed by atoms with Crippen molar-refractivity contribution in [2.45, 2.75) is 19.8 Å². The van der Waals surface area contributed by atoms with E-state index < -0.39 is 0 Å². The van der Waals surface area contributed by atoms with Crippen molar-refractivity contribution in [2.75, 3.05) is 19.7 Å². The minimum atomic E-state index is -0.304. The third kappa shape index (κ3) is 4.47. The van der Waals surface area contributed by atoms with E-state index in [1.807, 2.05) is 0 Å². The van der Waals surface area contributed by atoms with E-state index in [4.69, 9.17) is 9.15 Å². The lowest BCUT2D eigenvalue weighted by Gasteiger charge is -2.32. The Morgan fingerprint density at radius 2 is 2.08 bits per heavy atom. The van der Waals surface area contributed by atoms with Crippen molar-refractivity contribution in [1.82, 2.24) is 4.90 Å². The Hall–Kier alpha value is -2.63. The van der Waals surface area contributed by atoms with Crippen molar-refractivity contribution in [2.24, 2.45) is 5.92 Å². The molecule has 0 N–H and O–H groups in total. The first-order chi connectivity index (χ1) is 12.0. The van der Waals surface area contributed by atoms with Crippen molar-refractivity contribution in [1.29, 1.82) is 0 Å². The zero-order chi connectivity index (χ0) is 17.8. The molecule has 0 bridgehead atoms. The molecule has 1 aliphatic rings. The third-order valence-corrected chi connectivity index (χ3v) is 4.21. The van der Waals surface area contributed by atoms with Crippen LogP contribution in [-0.2, 0) is 0 Å². The highest BCUT2D eigenvalue weighted by Gasteiger charge is 2.26. The molecule has 0 radical (unpaired) electrons. The third-order valence-electron chi connectivity index (χ3n) is 4.21.